The van der Waals surface area contributed by atoms with E-state index in [-0.39, 0.29) is 6.04 Å². The van der Waals surface area contributed by atoms with Gasteiger partial charge in [0.15, 0.2) is 0 Å². The van der Waals surface area contributed by atoms with E-state index in [0.717, 1.165) is 30.4 Å². The zero-order valence-electron chi connectivity index (χ0n) is 9.93. The van der Waals surface area contributed by atoms with E-state index in [2.05, 4.69) is 22.6 Å². The van der Waals surface area contributed by atoms with Gasteiger partial charge in [0.1, 0.15) is 0 Å². The minimum atomic E-state index is -0.0945. The molecule has 0 saturated heterocycles. The minimum Gasteiger partial charge on any atom is -0.302 e. The molecular weight excluding hydrogens is 212 g/mol. The lowest BCUT2D eigenvalue weighted by Crippen LogP contribution is -2.28. The number of nitrogens with zero attached hydrogens (tertiary/aromatic N) is 3. The highest BCUT2D eigenvalue weighted by molar-refractivity contribution is 5.78. The van der Waals surface area contributed by atoms with Crippen LogP contribution >= 0.6 is 0 Å². The van der Waals surface area contributed by atoms with Gasteiger partial charge >= 0.3 is 0 Å². The maximum Gasteiger partial charge on any atom is 0.0970 e. The third kappa shape index (κ3) is 2.63. The highest BCUT2D eigenvalue weighted by Crippen LogP contribution is 2.13. The molecule has 0 fully saturated rings. The fourth-order valence-corrected chi connectivity index (χ4v) is 1.91. The van der Waals surface area contributed by atoms with Crippen LogP contribution in [0.15, 0.2) is 30.5 Å². The molecule has 2 rings (SSSR count). The molecule has 88 valence electrons. The van der Waals surface area contributed by atoms with Crippen LogP contribution in [0.1, 0.15) is 13.3 Å². The summed E-state index contributed by atoms with van der Waals surface area (Å²) >= 11 is 0. The minimum absolute atomic E-state index is 0.0945. The topological polar surface area (TPSA) is 53.6 Å². The molecule has 0 saturated carbocycles. The Morgan fingerprint density at radius 1 is 1.47 bits per heavy atom. The van der Waals surface area contributed by atoms with E-state index in [0.29, 0.717) is 0 Å². The van der Waals surface area contributed by atoms with Crippen LogP contribution in [0, 0.1) is 11.3 Å². The van der Waals surface area contributed by atoms with Gasteiger partial charge < -0.3 is 5.32 Å². The highest BCUT2D eigenvalue weighted by atomic mass is 15.3. The molecule has 1 unspecified atom stereocenters. The lowest BCUT2D eigenvalue weighted by Gasteiger charge is -2.09. The van der Waals surface area contributed by atoms with Crippen molar-refractivity contribution in [2.75, 3.05) is 6.54 Å². The van der Waals surface area contributed by atoms with Gasteiger partial charge in [0, 0.05) is 11.9 Å². The Labute approximate surface area is 101 Å². The highest BCUT2D eigenvalue weighted by Gasteiger charge is 2.07. The first-order valence-electron chi connectivity index (χ1n) is 5.88. The Hall–Kier alpha value is -1.86. The van der Waals surface area contributed by atoms with Crippen LogP contribution < -0.4 is 5.32 Å². The predicted octanol–water partition coefficient (Wildman–Crippen LogP) is 1.93. The van der Waals surface area contributed by atoms with Crippen LogP contribution in [0.25, 0.3) is 10.9 Å². The van der Waals surface area contributed by atoms with Crippen molar-refractivity contribution in [3.05, 3.63) is 30.5 Å². The second-order valence-corrected chi connectivity index (χ2v) is 3.95. The number of hydrogen-bond donors (Lipinski definition) is 1. The average molecular weight is 228 g/mol. The smallest absolute Gasteiger partial charge is 0.0970 e. The number of hydrogen-bond acceptors (Lipinski definition) is 3. The van der Waals surface area contributed by atoms with E-state index >= 15 is 0 Å². The van der Waals surface area contributed by atoms with Crippen molar-refractivity contribution in [2.24, 2.45) is 0 Å². The van der Waals surface area contributed by atoms with Crippen LogP contribution in [0.5, 0.6) is 0 Å². The second kappa shape index (κ2) is 5.46. The number of benzene rings is 1. The van der Waals surface area contributed by atoms with E-state index in [9.17, 15) is 0 Å². The number of para-hydroxylation sites is 1. The lowest BCUT2D eigenvalue weighted by molar-refractivity contribution is 0.510. The summed E-state index contributed by atoms with van der Waals surface area (Å²) in [7, 11) is 0. The molecule has 0 aliphatic heterocycles. The summed E-state index contributed by atoms with van der Waals surface area (Å²) in [6.07, 6.45) is 2.64. The van der Waals surface area contributed by atoms with Gasteiger partial charge in [-0.3, -0.25) is 4.68 Å². The quantitative estimate of drug-likeness (QED) is 0.850. The van der Waals surface area contributed by atoms with Crippen molar-refractivity contribution in [3.8, 4) is 6.07 Å². The number of nitrogens with one attached hydrogen (secondary N) is 1. The summed E-state index contributed by atoms with van der Waals surface area (Å²) in [6, 6.07) is 10.3. The maximum atomic E-state index is 8.96. The average Bonchev–Trinajstić information content (AvgIpc) is 2.78. The summed E-state index contributed by atoms with van der Waals surface area (Å²) in [5, 5.41) is 17.6. The molecule has 4 nitrogen and oxygen atoms in total. The predicted molar refractivity (Wildman–Crippen MR) is 67.4 cm³/mol. The molecular formula is C13H16N4. The summed E-state index contributed by atoms with van der Waals surface area (Å²) in [5.74, 6) is 0. The molecule has 0 spiro atoms. The van der Waals surface area contributed by atoms with Crippen LogP contribution in [0.3, 0.4) is 0 Å². The van der Waals surface area contributed by atoms with Crippen molar-refractivity contribution in [3.63, 3.8) is 0 Å². The van der Waals surface area contributed by atoms with Gasteiger partial charge in [-0.15, -0.1) is 0 Å². The summed E-state index contributed by atoms with van der Waals surface area (Å²) in [5.41, 5.74) is 1.13. The van der Waals surface area contributed by atoms with Crippen LogP contribution in [-0.2, 0) is 6.54 Å². The first-order valence-corrected chi connectivity index (χ1v) is 5.88. The van der Waals surface area contributed by atoms with Gasteiger partial charge in [-0.1, -0.05) is 25.1 Å². The maximum absolute atomic E-state index is 8.96. The Kier molecular flexibility index (Phi) is 3.73. The summed E-state index contributed by atoms with van der Waals surface area (Å²) in [6.45, 7) is 3.59. The van der Waals surface area contributed by atoms with E-state index in [1.54, 1.807) is 0 Å². The first-order chi connectivity index (χ1) is 8.35. The van der Waals surface area contributed by atoms with Gasteiger partial charge in [0.25, 0.3) is 0 Å². The van der Waals surface area contributed by atoms with Gasteiger partial charge in [0.2, 0.25) is 0 Å². The Bertz CT molecular complexity index is 523. The van der Waals surface area contributed by atoms with Gasteiger partial charge in [-0.25, -0.2) is 0 Å². The van der Waals surface area contributed by atoms with Gasteiger partial charge in [-0.05, 0) is 19.0 Å². The second-order valence-electron chi connectivity index (χ2n) is 3.95. The van der Waals surface area contributed by atoms with Crippen LogP contribution in [-0.4, -0.2) is 22.4 Å². The lowest BCUT2D eigenvalue weighted by atomic mass is 10.2. The SMILES string of the molecule is CCNC(C#N)CCn1ncc2ccccc21. The largest absolute Gasteiger partial charge is 0.302 e. The normalized spacial score (nSPS) is 12.5. The Morgan fingerprint density at radius 2 is 2.29 bits per heavy atom. The molecule has 1 aromatic heterocycles. The number of fused-ring (bicyclic) bond motifs is 1. The Morgan fingerprint density at radius 3 is 3.06 bits per heavy atom. The number of aromatic nitrogens is 2. The van der Waals surface area contributed by atoms with E-state index in [1.807, 2.05) is 36.0 Å². The summed E-state index contributed by atoms with van der Waals surface area (Å²) in [4.78, 5) is 0. The van der Waals surface area contributed by atoms with E-state index in [4.69, 9.17) is 5.26 Å². The molecule has 4 heteroatoms. The molecule has 1 N–H and O–H groups in total. The van der Waals surface area contributed by atoms with Crippen molar-refractivity contribution in [1.82, 2.24) is 15.1 Å². The molecule has 0 bridgehead atoms. The van der Waals surface area contributed by atoms with Gasteiger partial charge in [-0.2, -0.15) is 10.4 Å². The number of nitriles is 1. The molecule has 1 aromatic carbocycles. The fraction of sp³-hybridized carbons (Fsp3) is 0.385. The molecule has 2 aromatic rings. The number of rotatable bonds is 5. The molecule has 0 aliphatic carbocycles. The monoisotopic (exact) mass is 228 g/mol. The molecule has 1 heterocycles. The van der Waals surface area contributed by atoms with Crippen molar-refractivity contribution in [1.29, 1.82) is 5.26 Å². The summed E-state index contributed by atoms with van der Waals surface area (Å²) < 4.78 is 1.96. The van der Waals surface area contributed by atoms with Crippen molar-refractivity contribution >= 4 is 10.9 Å². The van der Waals surface area contributed by atoms with Crippen molar-refractivity contribution in [2.45, 2.75) is 25.9 Å². The molecule has 0 aliphatic rings. The van der Waals surface area contributed by atoms with Gasteiger partial charge in [0.05, 0.1) is 23.8 Å². The van der Waals surface area contributed by atoms with E-state index in [1.165, 1.54) is 0 Å². The zero-order chi connectivity index (χ0) is 12.1. The third-order valence-electron chi connectivity index (χ3n) is 2.79. The number of aryl methyl sites for hydroxylation is 1. The van der Waals surface area contributed by atoms with Crippen molar-refractivity contribution < 1.29 is 0 Å². The molecule has 17 heavy (non-hydrogen) atoms. The first kappa shape index (κ1) is 11.6. The molecule has 0 amide bonds. The third-order valence-corrected chi connectivity index (χ3v) is 2.79. The van der Waals surface area contributed by atoms with E-state index < -0.39 is 0 Å². The van der Waals surface area contributed by atoms with Crippen LogP contribution in [0.4, 0.5) is 0 Å². The van der Waals surface area contributed by atoms with Crippen LogP contribution in [0.2, 0.25) is 0 Å². The Balaban J connectivity index is 2.06. The fourth-order valence-electron chi connectivity index (χ4n) is 1.91. The standard InChI is InChI=1S/C13H16N4/c1-2-15-12(9-14)7-8-17-13-6-4-3-5-11(13)10-16-17/h3-6,10,12,15H,2,7-8H2,1H3. The molecule has 1 atom stereocenters. The molecule has 0 radical (unpaired) electrons. The zero-order valence-corrected chi connectivity index (χ0v) is 9.93.